The molecule has 2 rings (SSSR count). The molecule has 4 heteroatoms. The van der Waals surface area contributed by atoms with Crippen LogP contribution in [0.15, 0.2) is 42.5 Å². The lowest BCUT2D eigenvalue weighted by Gasteiger charge is -2.23. The van der Waals surface area contributed by atoms with Gasteiger partial charge in [0.15, 0.2) is 0 Å². The van der Waals surface area contributed by atoms with Gasteiger partial charge in [0.25, 0.3) is 0 Å². The Kier molecular flexibility index (Phi) is 5.06. The number of hydrogen-bond donors (Lipinski definition) is 2. The fourth-order valence-corrected chi connectivity index (χ4v) is 2.69. The second kappa shape index (κ2) is 6.59. The summed E-state index contributed by atoms with van der Waals surface area (Å²) in [5, 5.41) is 11.8. The lowest BCUT2D eigenvalue weighted by atomic mass is 9.89. The molecule has 0 aliphatic rings. The standard InChI is InChI=1S/C16H17Cl2NO/c1-10-6-7-11(8-15(10)18)16(20)13(9-19)12-4-2-3-5-14(12)17/h2-8,13,16,20H,9,19H2,1H3. The monoisotopic (exact) mass is 309 g/mol. The summed E-state index contributed by atoms with van der Waals surface area (Å²) in [6.07, 6.45) is -0.738. The summed E-state index contributed by atoms with van der Waals surface area (Å²) in [5.74, 6) is -0.262. The van der Waals surface area contributed by atoms with Crippen LogP contribution in [0.3, 0.4) is 0 Å². The minimum atomic E-state index is -0.738. The first-order valence-electron chi connectivity index (χ1n) is 6.43. The lowest BCUT2D eigenvalue weighted by molar-refractivity contribution is 0.147. The van der Waals surface area contributed by atoms with Crippen LogP contribution in [0.5, 0.6) is 0 Å². The van der Waals surface area contributed by atoms with Crippen molar-refractivity contribution in [3.05, 3.63) is 69.2 Å². The Hall–Kier alpha value is -1.06. The van der Waals surface area contributed by atoms with E-state index in [-0.39, 0.29) is 5.92 Å². The van der Waals surface area contributed by atoms with E-state index in [4.69, 9.17) is 28.9 Å². The Morgan fingerprint density at radius 1 is 1.10 bits per heavy atom. The molecule has 0 aliphatic heterocycles. The van der Waals surface area contributed by atoms with Gasteiger partial charge in [0.1, 0.15) is 0 Å². The molecule has 20 heavy (non-hydrogen) atoms. The SMILES string of the molecule is Cc1ccc(C(O)C(CN)c2ccccc2Cl)cc1Cl. The largest absolute Gasteiger partial charge is 0.388 e. The molecule has 0 fully saturated rings. The topological polar surface area (TPSA) is 46.2 Å². The van der Waals surface area contributed by atoms with Gasteiger partial charge in [0, 0.05) is 22.5 Å². The van der Waals surface area contributed by atoms with E-state index in [2.05, 4.69) is 0 Å². The third-order valence-electron chi connectivity index (χ3n) is 3.48. The number of aliphatic hydroxyl groups excluding tert-OH is 1. The van der Waals surface area contributed by atoms with E-state index in [0.717, 1.165) is 16.7 Å². The molecule has 0 aromatic heterocycles. The van der Waals surface area contributed by atoms with Gasteiger partial charge in [-0.05, 0) is 35.7 Å². The Balaban J connectivity index is 2.36. The first kappa shape index (κ1) is 15.3. The maximum absolute atomic E-state index is 10.6. The molecule has 0 spiro atoms. The summed E-state index contributed by atoms with van der Waals surface area (Å²) >= 11 is 12.3. The van der Waals surface area contributed by atoms with Crippen LogP contribution in [-0.4, -0.2) is 11.7 Å². The summed E-state index contributed by atoms with van der Waals surface area (Å²) < 4.78 is 0. The van der Waals surface area contributed by atoms with Gasteiger partial charge >= 0.3 is 0 Å². The fourth-order valence-electron chi connectivity index (χ4n) is 2.23. The Morgan fingerprint density at radius 3 is 2.40 bits per heavy atom. The molecule has 0 saturated heterocycles. The normalized spacial score (nSPS) is 14.1. The van der Waals surface area contributed by atoms with Crippen LogP contribution in [0.2, 0.25) is 10.0 Å². The molecule has 0 amide bonds. The average molecular weight is 310 g/mol. The summed E-state index contributed by atoms with van der Waals surface area (Å²) in [6, 6.07) is 13.0. The maximum Gasteiger partial charge on any atom is 0.0871 e. The van der Waals surface area contributed by atoms with Gasteiger partial charge in [0.2, 0.25) is 0 Å². The van der Waals surface area contributed by atoms with Crippen LogP contribution in [-0.2, 0) is 0 Å². The van der Waals surface area contributed by atoms with Gasteiger partial charge in [-0.2, -0.15) is 0 Å². The van der Waals surface area contributed by atoms with Gasteiger partial charge in [-0.3, -0.25) is 0 Å². The van der Waals surface area contributed by atoms with E-state index < -0.39 is 6.10 Å². The summed E-state index contributed by atoms with van der Waals surface area (Å²) in [7, 11) is 0. The van der Waals surface area contributed by atoms with Crippen molar-refractivity contribution in [3.8, 4) is 0 Å². The Morgan fingerprint density at radius 2 is 1.80 bits per heavy atom. The van der Waals surface area contributed by atoms with Gasteiger partial charge in [-0.15, -0.1) is 0 Å². The lowest BCUT2D eigenvalue weighted by Crippen LogP contribution is -2.20. The van der Waals surface area contributed by atoms with Crippen molar-refractivity contribution in [1.29, 1.82) is 0 Å². The van der Waals surface area contributed by atoms with Gasteiger partial charge in [-0.25, -0.2) is 0 Å². The maximum atomic E-state index is 10.6. The van der Waals surface area contributed by atoms with Gasteiger partial charge in [-0.1, -0.05) is 53.5 Å². The van der Waals surface area contributed by atoms with Crippen LogP contribution in [0.1, 0.15) is 28.7 Å². The van der Waals surface area contributed by atoms with Crippen molar-refractivity contribution in [2.24, 2.45) is 5.73 Å². The molecule has 0 saturated carbocycles. The number of aliphatic hydroxyl groups is 1. The predicted octanol–water partition coefficient (Wildman–Crippen LogP) is 4.08. The number of nitrogens with two attached hydrogens (primary N) is 1. The molecule has 2 atom stereocenters. The van der Waals surface area contributed by atoms with E-state index in [1.54, 1.807) is 12.1 Å². The van der Waals surface area contributed by atoms with Crippen LogP contribution < -0.4 is 5.73 Å². The Bertz CT molecular complexity index is 601. The number of aryl methyl sites for hydroxylation is 1. The van der Waals surface area contributed by atoms with Gasteiger partial charge < -0.3 is 10.8 Å². The fraction of sp³-hybridized carbons (Fsp3) is 0.250. The molecule has 2 aromatic carbocycles. The van der Waals surface area contributed by atoms with Crippen molar-refractivity contribution in [1.82, 2.24) is 0 Å². The zero-order valence-corrected chi connectivity index (χ0v) is 12.7. The minimum Gasteiger partial charge on any atom is -0.388 e. The van der Waals surface area contributed by atoms with E-state index in [1.807, 2.05) is 37.3 Å². The van der Waals surface area contributed by atoms with Crippen LogP contribution >= 0.6 is 23.2 Å². The van der Waals surface area contributed by atoms with E-state index in [1.165, 1.54) is 0 Å². The number of halogens is 2. The third kappa shape index (κ3) is 3.15. The molecular weight excluding hydrogens is 293 g/mol. The molecular formula is C16H17Cl2NO. The van der Waals surface area contributed by atoms with E-state index >= 15 is 0 Å². The van der Waals surface area contributed by atoms with Crippen LogP contribution in [0, 0.1) is 6.92 Å². The molecule has 0 radical (unpaired) electrons. The van der Waals surface area contributed by atoms with Crippen LogP contribution in [0.25, 0.3) is 0 Å². The first-order chi connectivity index (χ1) is 9.54. The Labute approximate surface area is 129 Å². The quantitative estimate of drug-likeness (QED) is 0.894. The van der Waals surface area contributed by atoms with Crippen molar-refractivity contribution >= 4 is 23.2 Å². The molecule has 0 bridgehead atoms. The number of benzene rings is 2. The zero-order chi connectivity index (χ0) is 14.7. The molecule has 3 N–H and O–H groups in total. The minimum absolute atomic E-state index is 0.262. The molecule has 106 valence electrons. The van der Waals surface area contributed by atoms with E-state index in [9.17, 15) is 5.11 Å². The highest BCUT2D eigenvalue weighted by Crippen LogP contribution is 2.35. The van der Waals surface area contributed by atoms with E-state index in [0.29, 0.717) is 16.6 Å². The molecule has 0 heterocycles. The smallest absolute Gasteiger partial charge is 0.0871 e. The number of hydrogen-bond acceptors (Lipinski definition) is 2. The van der Waals surface area contributed by atoms with Crippen molar-refractivity contribution < 1.29 is 5.11 Å². The third-order valence-corrected chi connectivity index (χ3v) is 4.23. The molecule has 0 aliphatic carbocycles. The first-order valence-corrected chi connectivity index (χ1v) is 7.18. The molecule has 2 nitrogen and oxygen atoms in total. The second-order valence-corrected chi connectivity index (χ2v) is 5.63. The zero-order valence-electron chi connectivity index (χ0n) is 11.2. The van der Waals surface area contributed by atoms with Gasteiger partial charge in [0.05, 0.1) is 6.10 Å². The van der Waals surface area contributed by atoms with Crippen molar-refractivity contribution in [2.75, 3.05) is 6.54 Å². The highest BCUT2D eigenvalue weighted by Gasteiger charge is 2.23. The highest BCUT2D eigenvalue weighted by molar-refractivity contribution is 6.31. The number of rotatable bonds is 4. The summed E-state index contributed by atoms with van der Waals surface area (Å²) in [6.45, 7) is 2.23. The predicted molar refractivity (Wildman–Crippen MR) is 84.4 cm³/mol. The second-order valence-electron chi connectivity index (χ2n) is 4.82. The van der Waals surface area contributed by atoms with Crippen molar-refractivity contribution in [2.45, 2.75) is 18.9 Å². The summed E-state index contributed by atoms with van der Waals surface area (Å²) in [4.78, 5) is 0. The molecule has 2 aromatic rings. The molecule has 2 unspecified atom stereocenters. The highest BCUT2D eigenvalue weighted by atomic mass is 35.5. The van der Waals surface area contributed by atoms with Crippen molar-refractivity contribution in [3.63, 3.8) is 0 Å². The average Bonchev–Trinajstić information content (AvgIpc) is 2.44. The summed E-state index contributed by atoms with van der Waals surface area (Å²) in [5.41, 5.74) is 8.40. The van der Waals surface area contributed by atoms with Crippen LogP contribution in [0.4, 0.5) is 0 Å².